The van der Waals surface area contributed by atoms with Crippen LogP contribution in [0.5, 0.6) is 0 Å². The minimum atomic E-state index is -4.29. The first-order valence-electron chi connectivity index (χ1n) is 14.3. The zero-order valence-electron chi connectivity index (χ0n) is 24.6. The Morgan fingerprint density at radius 1 is 0.841 bits per heavy atom. The van der Waals surface area contributed by atoms with Crippen LogP contribution in [0.25, 0.3) is 0 Å². The molecule has 0 aliphatic rings. The van der Waals surface area contributed by atoms with Gasteiger partial charge in [-0.3, -0.25) is 13.9 Å². The molecule has 0 saturated heterocycles. The summed E-state index contributed by atoms with van der Waals surface area (Å²) in [6.07, 6.45) is 0.920. The van der Waals surface area contributed by atoms with Crippen molar-refractivity contribution >= 4 is 43.5 Å². The van der Waals surface area contributed by atoms with Gasteiger partial charge in [0.2, 0.25) is 11.8 Å². The van der Waals surface area contributed by atoms with E-state index in [9.17, 15) is 22.4 Å². The topological polar surface area (TPSA) is 86.8 Å². The highest BCUT2D eigenvalue weighted by Gasteiger charge is 2.35. The van der Waals surface area contributed by atoms with Crippen molar-refractivity contribution in [3.8, 4) is 0 Å². The molecule has 1 N–H and O–H groups in total. The summed E-state index contributed by atoms with van der Waals surface area (Å²) in [7, 11) is -4.29. The SMILES string of the molecule is CC[C@@H](C)NC(=O)[C@@H](Cc1ccccc1)N(Cc1ccc(Br)cc1)C(=O)CN(c1ccccc1)S(=O)(=O)c1ccc(F)cc1. The first kappa shape index (κ1) is 32.9. The molecule has 2 amide bonds. The fourth-order valence-electron chi connectivity index (χ4n) is 4.64. The van der Waals surface area contributed by atoms with Crippen molar-refractivity contribution < 1.29 is 22.4 Å². The number of anilines is 1. The average Bonchev–Trinajstić information content (AvgIpc) is 3.03. The first-order valence-corrected chi connectivity index (χ1v) is 16.5. The third kappa shape index (κ3) is 8.54. The lowest BCUT2D eigenvalue weighted by atomic mass is 10.0. The van der Waals surface area contributed by atoms with Gasteiger partial charge in [0.15, 0.2) is 0 Å². The number of rotatable bonds is 13. The molecule has 0 heterocycles. The lowest BCUT2D eigenvalue weighted by molar-refractivity contribution is -0.140. The van der Waals surface area contributed by atoms with Gasteiger partial charge in [0, 0.05) is 23.5 Å². The van der Waals surface area contributed by atoms with Gasteiger partial charge in [-0.05, 0) is 73.0 Å². The Morgan fingerprint density at radius 3 is 2.02 bits per heavy atom. The van der Waals surface area contributed by atoms with E-state index in [1.165, 1.54) is 17.0 Å². The van der Waals surface area contributed by atoms with E-state index < -0.39 is 34.3 Å². The largest absolute Gasteiger partial charge is 0.352 e. The molecule has 44 heavy (non-hydrogen) atoms. The Bertz CT molecular complexity index is 1640. The summed E-state index contributed by atoms with van der Waals surface area (Å²) in [5.74, 6) is -1.48. The summed E-state index contributed by atoms with van der Waals surface area (Å²) >= 11 is 3.44. The Kier molecular flexibility index (Phi) is 11.3. The van der Waals surface area contributed by atoms with E-state index >= 15 is 0 Å². The predicted octanol–water partition coefficient (Wildman–Crippen LogP) is 6.34. The zero-order chi connectivity index (χ0) is 31.7. The maximum absolute atomic E-state index is 14.4. The Balaban J connectivity index is 1.78. The van der Waals surface area contributed by atoms with Crippen LogP contribution in [0.3, 0.4) is 0 Å². The number of carbonyl (C=O) groups is 2. The zero-order valence-corrected chi connectivity index (χ0v) is 27.0. The molecule has 230 valence electrons. The summed E-state index contributed by atoms with van der Waals surface area (Å²) in [4.78, 5) is 29.5. The number of halogens is 2. The van der Waals surface area contributed by atoms with Gasteiger partial charge in [0.05, 0.1) is 10.6 Å². The van der Waals surface area contributed by atoms with E-state index in [0.717, 1.165) is 32.0 Å². The molecule has 0 aromatic heterocycles. The predicted molar refractivity (Wildman–Crippen MR) is 174 cm³/mol. The van der Waals surface area contributed by atoms with Gasteiger partial charge in [0.25, 0.3) is 10.0 Å². The van der Waals surface area contributed by atoms with Crippen LogP contribution in [0.2, 0.25) is 0 Å². The smallest absolute Gasteiger partial charge is 0.264 e. The molecule has 0 bridgehead atoms. The number of nitrogens with one attached hydrogen (secondary N) is 1. The standard InChI is InChI=1S/C34H35BrFN3O4S/c1-3-25(2)37-34(41)32(22-26-10-6-4-7-11-26)38(23-27-14-16-28(35)17-15-27)33(40)24-39(30-12-8-5-9-13-30)44(42,43)31-20-18-29(36)19-21-31/h4-21,25,32H,3,22-24H2,1-2H3,(H,37,41)/t25-,32-/m1/s1. The van der Waals surface area contributed by atoms with Gasteiger partial charge in [-0.2, -0.15) is 0 Å². The second kappa shape index (κ2) is 15.1. The molecule has 0 aliphatic carbocycles. The Morgan fingerprint density at radius 2 is 1.43 bits per heavy atom. The molecular formula is C34H35BrFN3O4S. The van der Waals surface area contributed by atoms with E-state index in [1.54, 1.807) is 30.3 Å². The number of nitrogens with zero attached hydrogens (tertiary/aromatic N) is 2. The van der Waals surface area contributed by atoms with Crippen LogP contribution in [0, 0.1) is 5.82 Å². The summed E-state index contributed by atoms with van der Waals surface area (Å²) in [5.41, 5.74) is 1.88. The number of sulfonamides is 1. The second-order valence-electron chi connectivity index (χ2n) is 10.5. The molecule has 4 aromatic rings. The molecule has 4 aromatic carbocycles. The molecular weight excluding hydrogens is 645 g/mol. The van der Waals surface area contributed by atoms with Crippen LogP contribution in [-0.2, 0) is 32.6 Å². The van der Waals surface area contributed by atoms with Gasteiger partial charge >= 0.3 is 0 Å². The van der Waals surface area contributed by atoms with Gasteiger partial charge in [-0.25, -0.2) is 12.8 Å². The van der Waals surface area contributed by atoms with Crippen LogP contribution in [0.15, 0.2) is 119 Å². The fourth-order valence-corrected chi connectivity index (χ4v) is 6.32. The Hall–Kier alpha value is -4.02. The minimum absolute atomic E-state index is 0.0662. The fraction of sp³-hybridized carbons (Fsp3) is 0.235. The van der Waals surface area contributed by atoms with E-state index in [2.05, 4.69) is 21.2 Å². The van der Waals surface area contributed by atoms with Crippen LogP contribution < -0.4 is 9.62 Å². The van der Waals surface area contributed by atoms with Gasteiger partial charge in [-0.15, -0.1) is 0 Å². The van der Waals surface area contributed by atoms with Crippen molar-refractivity contribution in [1.29, 1.82) is 0 Å². The molecule has 0 fully saturated rings. The van der Waals surface area contributed by atoms with Crippen LogP contribution >= 0.6 is 15.9 Å². The Labute approximate surface area is 266 Å². The van der Waals surface area contributed by atoms with Crippen molar-refractivity contribution in [3.63, 3.8) is 0 Å². The molecule has 0 spiro atoms. The molecule has 0 unspecified atom stereocenters. The van der Waals surface area contributed by atoms with E-state index in [1.807, 2.05) is 68.4 Å². The quantitative estimate of drug-likeness (QED) is 0.179. The number of carbonyl (C=O) groups excluding carboxylic acids is 2. The summed E-state index contributed by atoms with van der Waals surface area (Å²) in [6, 6.07) is 28.4. The van der Waals surface area contributed by atoms with Crippen LogP contribution in [-0.4, -0.2) is 43.8 Å². The maximum Gasteiger partial charge on any atom is 0.264 e. The normalized spacial score (nSPS) is 12.6. The first-order chi connectivity index (χ1) is 21.1. The lowest BCUT2D eigenvalue weighted by Gasteiger charge is -2.34. The molecule has 7 nitrogen and oxygen atoms in total. The lowest BCUT2D eigenvalue weighted by Crippen LogP contribution is -2.54. The molecule has 0 aliphatic heterocycles. The third-order valence-electron chi connectivity index (χ3n) is 7.26. The number of para-hydroxylation sites is 1. The molecule has 0 radical (unpaired) electrons. The van der Waals surface area contributed by atoms with Crippen molar-refractivity contribution in [2.24, 2.45) is 0 Å². The molecule has 2 atom stereocenters. The van der Waals surface area contributed by atoms with E-state index in [4.69, 9.17) is 0 Å². The summed E-state index contributed by atoms with van der Waals surface area (Å²) in [6.45, 7) is 3.34. The number of benzene rings is 4. The van der Waals surface area contributed by atoms with Crippen LogP contribution in [0.4, 0.5) is 10.1 Å². The van der Waals surface area contributed by atoms with Crippen molar-refractivity contribution in [2.75, 3.05) is 10.8 Å². The number of hydrogen-bond acceptors (Lipinski definition) is 4. The maximum atomic E-state index is 14.4. The monoisotopic (exact) mass is 679 g/mol. The van der Waals surface area contributed by atoms with E-state index in [0.29, 0.717) is 6.42 Å². The van der Waals surface area contributed by atoms with Crippen molar-refractivity contribution in [1.82, 2.24) is 10.2 Å². The highest BCUT2D eigenvalue weighted by Crippen LogP contribution is 2.25. The highest BCUT2D eigenvalue weighted by atomic mass is 79.9. The minimum Gasteiger partial charge on any atom is -0.352 e. The summed E-state index contributed by atoms with van der Waals surface area (Å²) < 4.78 is 43.4. The summed E-state index contributed by atoms with van der Waals surface area (Å²) in [5, 5.41) is 3.02. The second-order valence-corrected chi connectivity index (χ2v) is 13.3. The molecule has 0 saturated carbocycles. The number of amides is 2. The van der Waals surface area contributed by atoms with Gasteiger partial charge < -0.3 is 10.2 Å². The third-order valence-corrected chi connectivity index (χ3v) is 9.58. The molecule has 10 heteroatoms. The average molecular weight is 681 g/mol. The van der Waals surface area contributed by atoms with E-state index in [-0.39, 0.29) is 35.5 Å². The van der Waals surface area contributed by atoms with Crippen molar-refractivity contribution in [2.45, 2.75) is 50.2 Å². The van der Waals surface area contributed by atoms with Crippen LogP contribution in [0.1, 0.15) is 31.4 Å². The van der Waals surface area contributed by atoms with Crippen molar-refractivity contribution in [3.05, 3.63) is 131 Å². The van der Waals surface area contributed by atoms with Gasteiger partial charge in [-0.1, -0.05) is 83.5 Å². The highest BCUT2D eigenvalue weighted by molar-refractivity contribution is 9.10. The number of hydrogen-bond donors (Lipinski definition) is 1. The molecule has 4 rings (SSSR count). The van der Waals surface area contributed by atoms with Gasteiger partial charge in [0.1, 0.15) is 18.4 Å².